The van der Waals surface area contributed by atoms with E-state index in [1.54, 1.807) is 6.92 Å². The molecule has 2 rings (SSSR count). The molecule has 0 aromatic carbocycles. The smallest absolute Gasteiger partial charge is 0.251 e. The monoisotopic (exact) mass is 227 g/mol. The van der Waals surface area contributed by atoms with Crippen molar-refractivity contribution >= 4 is 5.91 Å². The summed E-state index contributed by atoms with van der Waals surface area (Å²) < 4.78 is 0. The maximum Gasteiger partial charge on any atom is 0.251 e. The Hall–Kier alpha value is -0.610. The highest BCUT2D eigenvalue weighted by Crippen LogP contribution is 2.39. The molecule has 92 valence electrons. The van der Waals surface area contributed by atoms with Gasteiger partial charge in [-0.05, 0) is 38.5 Å². The van der Waals surface area contributed by atoms with Crippen LogP contribution in [0.5, 0.6) is 0 Å². The molecule has 0 aliphatic heterocycles. The molecular weight excluding hydrogens is 206 g/mol. The number of carbonyl (C=O) groups excluding carboxylic acids is 1. The number of amides is 1. The normalized spacial score (nSPS) is 33.4. The fraction of sp³-hybridized carbons (Fsp3) is 0.917. The standard InChI is InChI=1S/C12H21NO3/c1-12(16,9-5-6-9)11(15)13-7-8-3-2-4-10(8)14/h8-10,14,16H,2-7H2,1H3,(H,13,15)/t8-,10+,12?/m0/s1. The zero-order chi connectivity index (χ0) is 11.8. The van der Waals surface area contributed by atoms with Crippen LogP contribution in [0.4, 0.5) is 0 Å². The van der Waals surface area contributed by atoms with E-state index in [-0.39, 0.29) is 23.8 Å². The Bertz CT molecular complexity index is 273. The minimum atomic E-state index is -1.22. The highest BCUT2D eigenvalue weighted by atomic mass is 16.3. The van der Waals surface area contributed by atoms with Gasteiger partial charge in [0.2, 0.25) is 0 Å². The molecule has 0 saturated heterocycles. The van der Waals surface area contributed by atoms with Gasteiger partial charge in [-0.3, -0.25) is 4.79 Å². The van der Waals surface area contributed by atoms with Crippen LogP contribution in [0, 0.1) is 11.8 Å². The van der Waals surface area contributed by atoms with Crippen LogP contribution in [0.3, 0.4) is 0 Å². The molecule has 4 heteroatoms. The van der Waals surface area contributed by atoms with Crippen LogP contribution in [-0.2, 0) is 4.79 Å². The molecule has 3 N–H and O–H groups in total. The largest absolute Gasteiger partial charge is 0.393 e. The van der Waals surface area contributed by atoms with E-state index in [0.29, 0.717) is 6.54 Å². The highest BCUT2D eigenvalue weighted by Gasteiger charge is 2.45. The van der Waals surface area contributed by atoms with Gasteiger partial charge in [-0.15, -0.1) is 0 Å². The van der Waals surface area contributed by atoms with Crippen LogP contribution in [0.2, 0.25) is 0 Å². The maximum absolute atomic E-state index is 11.8. The molecule has 3 atom stereocenters. The Balaban J connectivity index is 1.78. The van der Waals surface area contributed by atoms with Crippen LogP contribution in [-0.4, -0.2) is 34.4 Å². The SMILES string of the molecule is CC(O)(C(=O)NC[C@@H]1CCC[C@H]1O)C1CC1. The number of hydrogen-bond acceptors (Lipinski definition) is 3. The topological polar surface area (TPSA) is 69.6 Å². The van der Waals surface area contributed by atoms with E-state index < -0.39 is 5.60 Å². The average molecular weight is 227 g/mol. The first-order valence-electron chi connectivity index (χ1n) is 6.20. The van der Waals surface area contributed by atoms with Crippen molar-refractivity contribution in [2.24, 2.45) is 11.8 Å². The van der Waals surface area contributed by atoms with Crippen LogP contribution < -0.4 is 5.32 Å². The quantitative estimate of drug-likeness (QED) is 0.652. The molecule has 2 aliphatic carbocycles. The van der Waals surface area contributed by atoms with Crippen molar-refractivity contribution in [1.82, 2.24) is 5.32 Å². The Kier molecular flexibility index (Phi) is 3.22. The lowest BCUT2D eigenvalue weighted by Gasteiger charge is -2.23. The van der Waals surface area contributed by atoms with Gasteiger partial charge in [0.15, 0.2) is 0 Å². The van der Waals surface area contributed by atoms with E-state index in [1.807, 2.05) is 0 Å². The van der Waals surface area contributed by atoms with E-state index in [0.717, 1.165) is 32.1 Å². The number of aliphatic hydroxyl groups is 2. The zero-order valence-electron chi connectivity index (χ0n) is 9.78. The summed E-state index contributed by atoms with van der Waals surface area (Å²) in [7, 11) is 0. The number of nitrogens with one attached hydrogen (secondary N) is 1. The molecule has 2 saturated carbocycles. The van der Waals surface area contributed by atoms with Gasteiger partial charge in [0.05, 0.1) is 6.10 Å². The summed E-state index contributed by atoms with van der Waals surface area (Å²) in [5.74, 6) is 0.00838. The number of carbonyl (C=O) groups is 1. The lowest BCUT2D eigenvalue weighted by atomic mass is 9.98. The molecule has 2 fully saturated rings. The van der Waals surface area contributed by atoms with Gasteiger partial charge in [0.25, 0.3) is 5.91 Å². The van der Waals surface area contributed by atoms with E-state index >= 15 is 0 Å². The third kappa shape index (κ3) is 2.38. The second-order valence-electron chi connectivity index (χ2n) is 5.39. The van der Waals surface area contributed by atoms with Crippen molar-refractivity contribution in [3.05, 3.63) is 0 Å². The highest BCUT2D eigenvalue weighted by molar-refractivity contribution is 5.85. The zero-order valence-corrected chi connectivity index (χ0v) is 9.78. The molecule has 2 aliphatic rings. The van der Waals surface area contributed by atoms with Crippen molar-refractivity contribution in [3.8, 4) is 0 Å². The second kappa shape index (κ2) is 4.34. The second-order valence-corrected chi connectivity index (χ2v) is 5.39. The Morgan fingerprint density at radius 2 is 2.06 bits per heavy atom. The summed E-state index contributed by atoms with van der Waals surface area (Å²) in [5.41, 5.74) is -1.22. The first-order chi connectivity index (χ1) is 7.51. The number of hydrogen-bond donors (Lipinski definition) is 3. The lowest BCUT2D eigenvalue weighted by molar-refractivity contribution is -0.140. The first-order valence-corrected chi connectivity index (χ1v) is 6.20. The molecule has 1 amide bonds. The van der Waals surface area contributed by atoms with Crippen molar-refractivity contribution in [2.75, 3.05) is 6.54 Å². The van der Waals surface area contributed by atoms with Crippen LogP contribution in [0.25, 0.3) is 0 Å². The van der Waals surface area contributed by atoms with E-state index in [4.69, 9.17) is 0 Å². The third-order valence-electron chi connectivity index (χ3n) is 3.98. The van der Waals surface area contributed by atoms with E-state index in [2.05, 4.69) is 5.32 Å². The maximum atomic E-state index is 11.8. The fourth-order valence-corrected chi connectivity index (χ4v) is 2.49. The molecule has 0 aromatic rings. The van der Waals surface area contributed by atoms with Crippen molar-refractivity contribution < 1.29 is 15.0 Å². The van der Waals surface area contributed by atoms with Gasteiger partial charge in [-0.2, -0.15) is 0 Å². The summed E-state index contributed by atoms with van der Waals surface area (Å²) in [5, 5.41) is 22.4. The predicted octanol–water partition coefficient (Wildman–Crippen LogP) is 0.425. The minimum Gasteiger partial charge on any atom is -0.393 e. The Labute approximate surface area is 96.0 Å². The number of rotatable bonds is 4. The third-order valence-corrected chi connectivity index (χ3v) is 3.98. The van der Waals surface area contributed by atoms with Gasteiger partial charge < -0.3 is 15.5 Å². The molecule has 0 radical (unpaired) electrons. The van der Waals surface area contributed by atoms with Crippen LogP contribution >= 0.6 is 0 Å². The fourth-order valence-electron chi connectivity index (χ4n) is 2.49. The summed E-state index contributed by atoms with van der Waals surface area (Å²) >= 11 is 0. The Morgan fingerprint density at radius 1 is 1.38 bits per heavy atom. The molecule has 1 unspecified atom stereocenters. The van der Waals surface area contributed by atoms with Gasteiger partial charge in [0.1, 0.15) is 5.60 Å². The van der Waals surface area contributed by atoms with Crippen molar-refractivity contribution in [3.63, 3.8) is 0 Å². The van der Waals surface area contributed by atoms with Crippen LogP contribution in [0.15, 0.2) is 0 Å². The Morgan fingerprint density at radius 3 is 2.56 bits per heavy atom. The average Bonchev–Trinajstić information content (AvgIpc) is 3.01. The van der Waals surface area contributed by atoms with Crippen molar-refractivity contribution in [1.29, 1.82) is 0 Å². The van der Waals surface area contributed by atoms with Gasteiger partial charge in [-0.1, -0.05) is 6.42 Å². The molecular formula is C12H21NO3. The predicted molar refractivity (Wildman–Crippen MR) is 59.7 cm³/mol. The number of aliphatic hydroxyl groups excluding tert-OH is 1. The molecule has 16 heavy (non-hydrogen) atoms. The van der Waals surface area contributed by atoms with Gasteiger partial charge in [0, 0.05) is 12.5 Å². The molecule has 0 bridgehead atoms. The first kappa shape index (κ1) is 11.9. The summed E-state index contributed by atoms with van der Waals surface area (Å²) in [6.45, 7) is 2.08. The van der Waals surface area contributed by atoms with Gasteiger partial charge >= 0.3 is 0 Å². The summed E-state index contributed by atoms with van der Waals surface area (Å²) in [6.07, 6.45) is 4.41. The summed E-state index contributed by atoms with van der Waals surface area (Å²) in [6, 6.07) is 0. The molecule has 0 heterocycles. The lowest BCUT2D eigenvalue weighted by Crippen LogP contribution is -2.48. The van der Waals surface area contributed by atoms with Crippen molar-refractivity contribution in [2.45, 2.75) is 50.7 Å². The molecule has 0 aromatic heterocycles. The molecule has 4 nitrogen and oxygen atoms in total. The van der Waals surface area contributed by atoms with Crippen LogP contribution in [0.1, 0.15) is 39.0 Å². The van der Waals surface area contributed by atoms with E-state index in [9.17, 15) is 15.0 Å². The van der Waals surface area contributed by atoms with Gasteiger partial charge in [-0.25, -0.2) is 0 Å². The minimum absolute atomic E-state index is 0.126. The summed E-state index contributed by atoms with van der Waals surface area (Å²) in [4.78, 5) is 11.8. The van der Waals surface area contributed by atoms with E-state index in [1.165, 1.54) is 0 Å². The molecule has 0 spiro atoms.